The van der Waals surface area contributed by atoms with Crippen LogP contribution in [0.15, 0.2) is 54.6 Å². The van der Waals surface area contributed by atoms with Crippen molar-refractivity contribution in [1.29, 1.82) is 0 Å². The number of alkyl halides is 3. The number of rotatable bonds is 3. The molecule has 1 amide bonds. The number of carbonyl (C=O) groups is 2. The highest BCUT2D eigenvalue weighted by atomic mass is 35.5. The number of halogens is 4. The van der Waals surface area contributed by atoms with E-state index in [1.54, 1.807) is 0 Å². The Labute approximate surface area is 156 Å². The summed E-state index contributed by atoms with van der Waals surface area (Å²) in [7, 11) is 0. The zero-order chi connectivity index (χ0) is 19.8. The second-order valence-electron chi connectivity index (χ2n) is 5.72. The number of amides is 1. The summed E-state index contributed by atoms with van der Waals surface area (Å²) in [6.07, 6.45) is -4.45. The first-order valence-corrected chi connectivity index (χ1v) is 7.98. The second-order valence-corrected chi connectivity index (χ2v) is 6.16. The summed E-state index contributed by atoms with van der Waals surface area (Å²) in [6, 6.07) is 11.4. The van der Waals surface area contributed by atoms with Gasteiger partial charge in [0.1, 0.15) is 0 Å². The fourth-order valence-corrected chi connectivity index (χ4v) is 2.73. The maximum Gasteiger partial charge on any atom is 0.416 e. The van der Waals surface area contributed by atoms with E-state index >= 15 is 0 Å². The Morgan fingerprint density at radius 2 is 1.59 bits per heavy atom. The number of carboxylic acid groups (broad SMARTS) is 1. The molecule has 2 N–H and O–H groups in total. The van der Waals surface area contributed by atoms with E-state index < -0.39 is 23.6 Å². The van der Waals surface area contributed by atoms with Gasteiger partial charge in [-0.2, -0.15) is 13.2 Å². The van der Waals surface area contributed by atoms with Crippen LogP contribution in [-0.2, 0) is 6.18 Å². The molecule has 0 aliphatic carbocycles. The van der Waals surface area contributed by atoms with Crippen molar-refractivity contribution in [3.8, 4) is 0 Å². The number of fused-ring (bicyclic) bond motifs is 1. The van der Waals surface area contributed by atoms with Crippen molar-refractivity contribution in [3.63, 3.8) is 0 Å². The zero-order valence-corrected chi connectivity index (χ0v) is 14.2. The minimum absolute atomic E-state index is 0.0596. The number of hydrogen-bond donors (Lipinski definition) is 2. The lowest BCUT2D eigenvalue weighted by Gasteiger charge is -2.11. The Hall–Kier alpha value is -3.06. The molecule has 3 aromatic carbocycles. The molecular weight excluding hydrogens is 383 g/mol. The third-order valence-electron chi connectivity index (χ3n) is 3.89. The van der Waals surface area contributed by atoms with Gasteiger partial charge in [-0.3, -0.25) is 4.79 Å². The number of nitrogens with one attached hydrogen (secondary N) is 1. The van der Waals surface area contributed by atoms with Gasteiger partial charge in [-0.1, -0.05) is 23.7 Å². The first-order chi connectivity index (χ1) is 12.6. The minimum Gasteiger partial charge on any atom is -0.478 e. The van der Waals surface area contributed by atoms with Crippen LogP contribution in [0, 0.1) is 0 Å². The Kier molecular flexibility index (Phi) is 4.80. The predicted octanol–water partition coefficient (Wildman–Crippen LogP) is 5.46. The first-order valence-electron chi connectivity index (χ1n) is 7.60. The molecule has 0 radical (unpaired) electrons. The van der Waals surface area contributed by atoms with Crippen molar-refractivity contribution < 1.29 is 27.9 Å². The Morgan fingerprint density at radius 1 is 0.926 bits per heavy atom. The molecule has 0 spiro atoms. The van der Waals surface area contributed by atoms with Gasteiger partial charge in [-0.05, 0) is 53.2 Å². The number of carbonyl (C=O) groups excluding carboxylic acids is 1. The van der Waals surface area contributed by atoms with Gasteiger partial charge < -0.3 is 10.4 Å². The maximum atomic E-state index is 12.8. The van der Waals surface area contributed by atoms with Crippen molar-refractivity contribution in [3.05, 3.63) is 76.3 Å². The van der Waals surface area contributed by atoms with E-state index in [1.165, 1.54) is 42.5 Å². The zero-order valence-electron chi connectivity index (χ0n) is 13.5. The summed E-state index contributed by atoms with van der Waals surface area (Å²) in [5.41, 5.74) is -0.719. The van der Waals surface area contributed by atoms with Crippen LogP contribution in [0.1, 0.15) is 26.3 Å². The molecule has 0 saturated heterocycles. The fourth-order valence-electron chi connectivity index (χ4n) is 2.56. The summed E-state index contributed by atoms with van der Waals surface area (Å²) in [5, 5.41) is 12.7. The summed E-state index contributed by atoms with van der Waals surface area (Å²) in [5.74, 6) is -1.85. The standard InChI is InChI=1S/C19H11ClF3NO3/c20-14-5-6-16(15(9-14)18(26)27)24-17(25)12-2-1-11-8-13(19(21,22)23)4-3-10(11)7-12/h1-9H,(H,24,25)(H,26,27). The minimum atomic E-state index is -4.45. The summed E-state index contributed by atoms with van der Waals surface area (Å²) < 4.78 is 38.3. The Morgan fingerprint density at radius 3 is 2.26 bits per heavy atom. The Balaban J connectivity index is 1.92. The van der Waals surface area contributed by atoms with Crippen molar-refractivity contribution in [2.45, 2.75) is 6.18 Å². The molecule has 0 bridgehead atoms. The van der Waals surface area contributed by atoms with Gasteiger partial charge in [0.15, 0.2) is 0 Å². The van der Waals surface area contributed by atoms with Crippen LogP contribution in [0.5, 0.6) is 0 Å². The molecule has 8 heteroatoms. The average molecular weight is 394 g/mol. The first kappa shape index (κ1) is 18.7. The number of benzene rings is 3. The van der Waals surface area contributed by atoms with Gasteiger partial charge >= 0.3 is 12.1 Å². The number of carboxylic acids is 1. The highest BCUT2D eigenvalue weighted by molar-refractivity contribution is 6.31. The molecule has 0 unspecified atom stereocenters. The Bertz CT molecular complexity index is 1060. The third kappa shape index (κ3) is 4.03. The van der Waals surface area contributed by atoms with Crippen LogP contribution in [0.3, 0.4) is 0 Å². The molecule has 0 heterocycles. The lowest BCUT2D eigenvalue weighted by Crippen LogP contribution is -2.14. The summed E-state index contributed by atoms with van der Waals surface area (Å²) in [4.78, 5) is 23.7. The molecule has 0 aliphatic heterocycles. The smallest absolute Gasteiger partial charge is 0.416 e. The lowest BCUT2D eigenvalue weighted by molar-refractivity contribution is -0.137. The molecule has 3 aromatic rings. The molecule has 27 heavy (non-hydrogen) atoms. The van der Waals surface area contributed by atoms with Gasteiger partial charge in [-0.15, -0.1) is 0 Å². The molecule has 0 atom stereocenters. The average Bonchev–Trinajstić information content (AvgIpc) is 2.61. The van der Waals surface area contributed by atoms with E-state index in [0.29, 0.717) is 10.8 Å². The second kappa shape index (κ2) is 6.92. The van der Waals surface area contributed by atoms with Crippen LogP contribution in [0.4, 0.5) is 18.9 Å². The van der Waals surface area contributed by atoms with Gasteiger partial charge in [-0.25, -0.2) is 4.79 Å². The largest absolute Gasteiger partial charge is 0.478 e. The van der Waals surface area contributed by atoms with Gasteiger partial charge in [0.05, 0.1) is 16.8 Å². The molecule has 0 saturated carbocycles. The van der Waals surface area contributed by atoms with E-state index in [2.05, 4.69) is 5.32 Å². The quantitative estimate of drug-likeness (QED) is 0.620. The van der Waals surface area contributed by atoms with E-state index in [9.17, 15) is 27.9 Å². The van der Waals surface area contributed by atoms with Gasteiger partial charge in [0.2, 0.25) is 0 Å². The highest BCUT2D eigenvalue weighted by Crippen LogP contribution is 2.31. The monoisotopic (exact) mass is 393 g/mol. The normalized spacial score (nSPS) is 11.4. The molecule has 0 aliphatic rings. The van der Waals surface area contributed by atoms with Gasteiger partial charge in [0, 0.05) is 10.6 Å². The van der Waals surface area contributed by atoms with Crippen molar-refractivity contribution in [2.75, 3.05) is 5.32 Å². The van der Waals surface area contributed by atoms with Gasteiger partial charge in [0.25, 0.3) is 5.91 Å². The molecule has 0 aromatic heterocycles. The van der Waals surface area contributed by atoms with Crippen LogP contribution in [0.25, 0.3) is 10.8 Å². The SMILES string of the molecule is O=C(Nc1ccc(Cl)cc1C(=O)O)c1ccc2cc(C(F)(F)F)ccc2c1. The van der Waals surface area contributed by atoms with Crippen LogP contribution >= 0.6 is 11.6 Å². The number of aromatic carboxylic acids is 1. The van der Waals surface area contributed by atoms with Crippen molar-refractivity contribution in [1.82, 2.24) is 0 Å². The molecule has 3 rings (SSSR count). The van der Waals surface area contributed by atoms with Crippen molar-refractivity contribution >= 4 is 39.9 Å². The summed E-state index contributed by atoms with van der Waals surface area (Å²) in [6.45, 7) is 0. The van der Waals surface area contributed by atoms with Crippen LogP contribution in [-0.4, -0.2) is 17.0 Å². The van der Waals surface area contributed by atoms with E-state index in [0.717, 1.165) is 12.1 Å². The number of hydrogen-bond acceptors (Lipinski definition) is 2. The summed E-state index contributed by atoms with van der Waals surface area (Å²) >= 11 is 5.77. The molecule has 4 nitrogen and oxygen atoms in total. The predicted molar refractivity (Wildman–Crippen MR) is 95.3 cm³/mol. The van der Waals surface area contributed by atoms with E-state index in [1.807, 2.05) is 0 Å². The fraction of sp³-hybridized carbons (Fsp3) is 0.0526. The third-order valence-corrected chi connectivity index (χ3v) is 4.13. The van der Waals surface area contributed by atoms with E-state index in [4.69, 9.17) is 11.6 Å². The van der Waals surface area contributed by atoms with Crippen LogP contribution < -0.4 is 5.32 Å². The van der Waals surface area contributed by atoms with E-state index in [-0.39, 0.29) is 21.8 Å². The maximum absolute atomic E-state index is 12.8. The number of anilines is 1. The molecular formula is C19H11ClF3NO3. The molecule has 0 fully saturated rings. The van der Waals surface area contributed by atoms with Crippen molar-refractivity contribution in [2.24, 2.45) is 0 Å². The topological polar surface area (TPSA) is 66.4 Å². The van der Waals surface area contributed by atoms with Crippen LogP contribution in [0.2, 0.25) is 5.02 Å². The highest BCUT2D eigenvalue weighted by Gasteiger charge is 2.30. The molecule has 138 valence electrons. The lowest BCUT2D eigenvalue weighted by atomic mass is 10.0.